The van der Waals surface area contributed by atoms with Crippen LogP contribution in [0.3, 0.4) is 0 Å². The predicted octanol–water partition coefficient (Wildman–Crippen LogP) is 4.20. The van der Waals surface area contributed by atoms with Crippen LogP contribution in [0.2, 0.25) is 5.15 Å². The Kier molecular flexibility index (Phi) is 3.07. The van der Waals surface area contributed by atoms with Crippen molar-refractivity contribution in [2.24, 2.45) is 0 Å². The molecule has 1 aliphatic carbocycles. The molecular formula is C16H16ClN3. The van der Waals surface area contributed by atoms with Crippen molar-refractivity contribution >= 4 is 11.6 Å². The van der Waals surface area contributed by atoms with Gasteiger partial charge in [0.25, 0.3) is 0 Å². The normalized spacial score (nSPS) is 14.3. The van der Waals surface area contributed by atoms with Gasteiger partial charge in [-0.1, -0.05) is 29.3 Å². The molecule has 20 heavy (non-hydrogen) atoms. The van der Waals surface area contributed by atoms with Gasteiger partial charge < -0.3 is 0 Å². The molecule has 1 heterocycles. The molecule has 0 N–H and O–H groups in total. The largest absolute Gasteiger partial charge is 0.220 e. The molecular weight excluding hydrogens is 270 g/mol. The molecule has 0 spiro atoms. The maximum atomic E-state index is 9.33. The second-order valence-corrected chi connectivity index (χ2v) is 5.95. The summed E-state index contributed by atoms with van der Waals surface area (Å²) < 4.78 is 1.73. The van der Waals surface area contributed by atoms with E-state index in [9.17, 15) is 5.26 Å². The van der Waals surface area contributed by atoms with Crippen LogP contribution in [0.15, 0.2) is 12.1 Å². The van der Waals surface area contributed by atoms with Gasteiger partial charge in [-0.2, -0.15) is 10.4 Å². The van der Waals surface area contributed by atoms with Crippen molar-refractivity contribution in [2.75, 3.05) is 0 Å². The van der Waals surface area contributed by atoms with Crippen LogP contribution in [0, 0.1) is 32.1 Å². The van der Waals surface area contributed by atoms with Crippen LogP contribution in [0.4, 0.5) is 0 Å². The van der Waals surface area contributed by atoms with Crippen LogP contribution >= 0.6 is 11.6 Å². The van der Waals surface area contributed by atoms with Gasteiger partial charge in [0, 0.05) is 5.92 Å². The fraction of sp³-hybridized carbons (Fsp3) is 0.375. The van der Waals surface area contributed by atoms with E-state index < -0.39 is 0 Å². The van der Waals surface area contributed by atoms with Gasteiger partial charge in [-0.3, -0.25) is 0 Å². The Balaban J connectivity index is 2.23. The van der Waals surface area contributed by atoms with E-state index in [1.54, 1.807) is 4.68 Å². The molecule has 0 unspecified atom stereocenters. The van der Waals surface area contributed by atoms with E-state index in [4.69, 9.17) is 11.6 Å². The van der Waals surface area contributed by atoms with Gasteiger partial charge in [0.15, 0.2) is 5.15 Å². The standard InChI is InChI=1S/C16H16ClN3/c1-9-6-10(2)15(11(3)7-9)20-16(17)13(8-18)14(19-20)12-4-5-12/h6-7,12H,4-5H2,1-3H3. The zero-order valence-corrected chi connectivity index (χ0v) is 12.6. The molecule has 1 saturated carbocycles. The number of halogens is 1. The zero-order valence-electron chi connectivity index (χ0n) is 11.9. The summed E-state index contributed by atoms with van der Waals surface area (Å²) in [5.41, 5.74) is 5.85. The molecule has 0 radical (unpaired) electrons. The van der Waals surface area contributed by atoms with Crippen molar-refractivity contribution < 1.29 is 0 Å². The second kappa shape index (κ2) is 4.64. The van der Waals surface area contributed by atoms with E-state index >= 15 is 0 Å². The highest BCUT2D eigenvalue weighted by molar-refractivity contribution is 6.31. The van der Waals surface area contributed by atoms with Crippen molar-refractivity contribution in [2.45, 2.75) is 39.5 Å². The van der Waals surface area contributed by atoms with Crippen molar-refractivity contribution in [3.05, 3.63) is 45.2 Å². The number of rotatable bonds is 2. The second-order valence-electron chi connectivity index (χ2n) is 5.60. The Morgan fingerprint density at radius 3 is 2.35 bits per heavy atom. The maximum Gasteiger partial charge on any atom is 0.150 e. The lowest BCUT2D eigenvalue weighted by molar-refractivity contribution is 0.826. The average molecular weight is 286 g/mol. The summed E-state index contributed by atoms with van der Waals surface area (Å²) >= 11 is 6.40. The lowest BCUT2D eigenvalue weighted by atomic mass is 10.1. The minimum Gasteiger partial charge on any atom is -0.220 e. The first-order valence-electron chi connectivity index (χ1n) is 6.79. The summed E-state index contributed by atoms with van der Waals surface area (Å²) in [6, 6.07) is 6.44. The first-order chi connectivity index (χ1) is 9.52. The van der Waals surface area contributed by atoms with Gasteiger partial charge in [-0.05, 0) is 44.7 Å². The van der Waals surface area contributed by atoms with Crippen molar-refractivity contribution in [3.8, 4) is 11.8 Å². The van der Waals surface area contributed by atoms with E-state index in [0.29, 0.717) is 16.6 Å². The quantitative estimate of drug-likeness (QED) is 0.830. The van der Waals surface area contributed by atoms with Crippen LogP contribution in [0.5, 0.6) is 0 Å². The summed E-state index contributed by atoms with van der Waals surface area (Å²) in [5.74, 6) is 0.412. The Hall–Kier alpha value is -1.79. The van der Waals surface area contributed by atoms with Gasteiger partial charge in [0.1, 0.15) is 11.6 Å². The van der Waals surface area contributed by atoms with Gasteiger partial charge in [0.2, 0.25) is 0 Å². The maximum absolute atomic E-state index is 9.33. The van der Waals surface area contributed by atoms with E-state index in [-0.39, 0.29) is 0 Å². The first kappa shape index (κ1) is 13.2. The van der Waals surface area contributed by atoms with Crippen LogP contribution < -0.4 is 0 Å². The molecule has 0 atom stereocenters. The fourth-order valence-corrected chi connectivity index (χ4v) is 3.08. The van der Waals surface area contributed by atoms with Gasteiger partial charge >= 0.3 is 0 Å². The highest BCUT2D eigenvalue weighted by atomic mass is 35.5. The number of nitrogens with zero attached hydrogens (tertiary/aromatic N) is 3. The molecule has 3 rings (SSSR count). The zero-order chi connectivity index (χ0) is 14.4. The number of aryl methyl sites for hydroxylation is 3. The molecule has 0 saturated heterocycles. The summed E-state index contributed by atoms with van der Waals surface area (Å²) in [6.07, 6.45) is 2.21. The highest BCUT2D eigenvalue weighted by Crippen LogP contribution is 2.43. The Bertz CT molecular complexity index is 710. The molecule has 1 aliphatic rings. The predicted molar refractivity (Wildman–Crippen MR) is 79.5 cm³/mol. The van der Waals surface area contributed by atoms with Crippen molar-refractivity contribution in [1.82, 2.24) is 9.78 Å². The van der Waals surface area contributed by atoms with Crippen molar-refractivity contribution in [3.63, 3.8) is 0 Å². The fourth-order valence-electron chi connectivity index (χ4n) is 2.81. The number of hydrogen-bond donors (Lipinski definition) is 0. The Morgan fingerprint density at radius 2 is 1.85 bits per heavy atom. The highest BCUT2D eigenvalue weighted by Gasteiger charge is 2.32. The molecule has 1 aromatic carbocycles. The first-order valence-corrected chi connectivity index (χ1v) is 7.17. The third kappa shape index (κ3) is 2.01. The Morgan fingerprint density at radius 1 is 1.25 bits per heavy atom. The monoisotopic (exact) mass is 285 g/mol. The SMILES string of the molecule is Cc1cc(C)c(-n2nc(C3CC3)c(C#N)c2Cl)c(C)c1. The number of nitriles is 1. The molecule has 1 aromatic heterocycles. The lowest BCUT2D eigenvalue weighted by Gasteiger charge is -2.12. The smallest absolute Gasteiger partial charge is 0.150 e. The van der Waals surface area contributed by atoms with Gasteiger partial charge in [0.05, 0.1) is 11.4 Å². The minimum absolute atomic E-state index is 0.412. The van der Waals surface area contributed by atoms with E-state index in [1.165, 1.54) is 5.56 Å². The number of hydrogen-bond acceptors (Lipinski definition) is 2. The van der Waals surface area contributed by atoms with Crippen LogP contribution in [0.25, 0.3) is 5.69 Å². The number of benzene rings is 1. The van der Waals surface area contributed by atoms with E-state index in [0.717, 1.165) is 35.3 Å². The average Bonchev–Trinajstić information content (AvgIpc) is 3.15. The van der Waals surface area contributed by atoms with Gasteiger partial charge in [-0.25, -0.2) is 4.68 Å². The molecule has 3 nitrogen and oxygen atoms in total. The Labute approximate surface area is 123 Å². The third-order valence-corrected chi connectivity index (χ3v) is 4.13. The van der Waals surface area contributed by atoms with Gasteiger partial charge in [-0.15, -0.1) is 0 Å². The molecule has 1 fully saturated rings. The van der Waals surface area contributed by atoms with E-state index in [2.05, 4.69) is 44.1 Å². The lowest BCUT2D eigenvalue weighted by Crippen LogP contribution is -2.03. The molecule has 0 amide bonds. The summed E-state index contributed by atoms with van der Waals surface area (Å²) in [6.45, 7) is 6.18. The summed E-state index contributed by atoms with van der Waals surface area (Å²) in [7, 11) is 0. The molecule has 102 valence electrons. The number of aromatic nitrogens is 2. The van der Waals surface area contributed by atoms with E-state index in [1.807, 2.05) is 0 Å². The minimum atomic E-state index is 0.412. The molecule has 2 aromatic rings. The molecule has 4 heteroatoms. The summed E-state index contributed by atoms with van der Waals surface area (Å²) in [4.78, 5) is 0. The molecule has 0 bridgehead atoms. The summed E-state index contributed by atoms with van der Waals surface area (Å²) in [5, 5.41) is 14.4. The third-order valence-electron chi connectivity index (χ3n) is 3.78. The van der Waals surface area contributed by atoms with Crippen LogP contribution in [-0.4, -0.2) is 9.78 Å². The van der Waals surface area contributed by atoms with Crippen molar-refractivity contribution in [1.29, 1.82) is 5.26 Å². The topological polar surface area (TPSA) is 41.6 Å². The molecule has 0 aliphatic heterocycles. The van der Waals surface area contributed by atoms with Crippen LogP contribution in [0.1, 0.15) is 46.7 Å². The van der Waals surface area contributed by atoms with Crippen LogP contribution in [-0.2, 0) is 0 Å².